The molecule has 33 heavy (non-hydrogen) atoms. The second-order valence-corrected chi connectivity index (χ2v) is 9.31. The minimum absolute atomic E-state index is 0.137. The first-order valence-electron chi connectivity index (χ1n) is 10.00. The minimum Gasteiger partial charge on any atom is -0.272 e. The van der Waals surface area contributed by atoms with Crippen LogP contribution in [0.4, 0.5) is 0 Å². The van der Waals surface area contributed by atoms with Gasteiger partial charge in [-0.2, -0.15) is 5.10 Å². The molecular weight excluding hydrogens is 522 g/mol. The SMILES string of the molecule is C/C(=N\NC(=O)CSc1nnc(-c2ccccc2)n1-c1ccc(Cl)cc1)c1ccc(Br)cc1. The molecule has 0 spiro atoms. The van der Waals surface area contributed by atoms with E-state index in [4.69, 9.17) is 11.6 Å². The van der Waals surface area contributed by atoms with Crippen molar-refractivity contribution in [2.24, 2.45) is 5.10 Å². The Balaban J connectivity index is 1.51. The second-order valence-electron chi connectivity index (χ2n) is 7.01. The van der Waals surface area contributed by atoms with E-state index in [1.165, 1.54) is 11.8 Å². The van der Waals surface area contributed by atoms with Gasteiger partial charge in [0.15, 0.2) is 11.0 Å². The number of halogens is 2. The number of rotatable bonds is 7. The van der Waals surface area contributed by atoms with Gasteiger partial charge in [0.2, 0.25) is 0 Å². The fraction of sp³-hybridized carbons (Fsp3) is 0.0833. The third-order valence-electron chi connectivity index (χ3n) is 4.69. The molecule has 9 heteroatoms. The molecule has 0 unspecified atom stereocenters. The molecule has 0 fully saturated rings. The monoisotopic (exact) mass is 539 g/mol. The number of hydrogen-bond acceptors (Lipinski definition) is 5. The van der Waals surface area contributed by atoms with Gasteiger partial charge in [0.1, 0.15) is 0 Å². The van der Waals surface area contributed by atoms with E-state index >= 15 is 0 Å². The third-order valence-corrected chi connectivity index (χ3v) is 6.40. The highest BCUT2D eigenvalue weighted by Crippen LogP contribution is 2.28. The van der Waals surface area contributed by atoms with Crippen molar-refractivity contribution in [1.29, 1.82) is 0 Å². The summed E-state index contributed by atoms with van der Waals surface area (Å²) in [6.07, 6.45) is 0. The fourth-order valence-electron chi connectivity index (χ4n) is 3.02. The normalized spacial score (nSPS) is 11.4. The van der Waals surface area contributed by atoms with Crippen LogP contribution < -0.4 is 5.43 Å². The highest BCUT2D eigenvalue weighted by Gasteiger charge is 2.17. The van der Waals surface area contributed by atoms with Gasteiger partial charge in [0.05, 0.1) is 11.5 Å². The van der Waals surface area contributed by atoms with Crippen molar-refractivity contribution < 1.29 is 4.79 Å². The van der Waals surface area contributed by atoms with Crippen molar-refractivity contribution in [3.63, 3.8) is 0 Å². The lowest BCUT2D eigenvalue weighted by molar-refractivity contribution is -0.118. The maximum absolute atomic E-state index is 12.5. The van der Waals surface area contributed by atoms with E-state index in [1.54, 1.807) is 0 Å². The number of amides is 1. The summed E-state index contributed by atoms with van der Waals surface area (Å²) < 4.78 is 2.90. The van der Waals surface area contributed by atoms with E-state index in [0.29, 0.717) is 16.0 Å². The van der Waals surface area contributed by atoms with Crippen molar-refractivity contribution in [1.82, 2.24) is 20.2 Å². The Morgan fingerprint density at radius 1 is 1.03 bits per heavy atom. The van der Waals surface area contributed by atoms with Crippen LogP contribution in [0.1, 0.15) is 12.5 Å². The number of nitrogens with one attached hydrogen (secondary N) is 1. The van der Waals surface area contributed by atoms with E-state index in [2.05, 4.69) is 36.7 Å². The molecule has 1 heterocycles. The van der Waals surface area contributed by atoms with Gasteiger partial charge in [-0.3, -0.25) is 9.36 Å². The molecule has 6 nitrogen and oxygen atoms in total. The summed E-state index contributed by atoms with van der Waals surface area (Å²) >= 11 is 10.8. The summed E-state index contributed by atoms with van der Waals surface area (Å²) in [6, 6.07) is 24.9. The van der Waals surface area contributed by atoms with Crippen molar-refractivity contribution in [3.8, 4) is 17.1 Å². The van der Waals surface area contributed by atoms with Crippen LogP contribution in [0.5, 0.6) is 0 Å². The number of hydrogen-bond donors (Lipinski definition) is 1. The Bertz CT molecular complexity index is 1270. The number of thioether (sulfide) groups is 1. The van der Waals surface area contributed by atoms with Gasteiger partial charge < -0.3 is 0 Å². The van der Waals surface area contributed by atoms with E-state index in [9.17, 15) is 4.79 Å². The average Bonchev–Trinajstić information content (AvgIpc) is 3.26. The Kier molecular flexibility index (Phi) is 7.59. The van der Waals surface area contributed by atoms with Crippen LogP contribution in [-0.2, 0) is 4.79 Å². The molecule has 0 aliphatic heterocycles. The molecule has 166 valence electrons. The van der Waals surface area contributed by atoms with Crippen LogP contribution in [0.15, 0.2) is 93.6 Å². The maximum atomic E-state index is 12.5. The van der Waals surface area contributed by atoms with Crippen molar-refractivity contribution in [2.75, 3.05) is 5.75 Å². The topological polar surface area (TPSA) is 72.2 Å². The molecule has 0 aliphatic rings. The lowest BCUT2D eigenvalue weighted by Crippen LogP contribution is -2.21. The summed E-state index contributed by atoms with van der Waals surface area (Å²) in [7, 11) is 0. The van der Waals surface area contributed by atoms with Crippen LogP contribution in [0, 0.1) is 0 Å². The summed E-state index contributed by atoms with van der Waals surface area (Å²) in [5, 5.41) is 14.2. The number of aromatic nitrogens is 3. The standard InChI is InChI=1S/C24H19BrClN5OS/c1-16(17-7-9-19(25)10-8-17)27-28-22(32)15-33-24-30-29-23(18-5-3-2-4-6-18)31(24)21-13-11-20(26)12-14-21/h2-14H,15H2,1H3,(H,28,32)/b27-16+. The average molecular weight is 541 g/mol. The van der Waals surface area contributed by atoms with Gasteiger partial charge in [-0.15, -0.1) is 10.2 Å². The molecule has 4 aromatic rings. The van der Waals surface area contributed by atoms with Crippen LogP contribution >= 0.6 is 39.3 Å². The van der Waals surface area contributed by atoms with Gasteiger partial charge in [-0.25, -0.2) is 5.43 Å². The smallest absolute Gasteiger partial charge is 0.250 e. The molecule has 3 aromatic carbocycles. The quantitative estimate of drug-likeness (QED) is 0.178. The third kappa shape index (κ3) is 5.90. The largest absolute Gasteiger partial charge is 0.272 e. The van der Waals surface area contributed by atoms with Crippen molar-refractivity contribution in [3.05, 3.63) is 93.9 Å². The zero-order valence-corrected chi connectivity index (χ0v) is 20.7. The molecule has 1 amide bonds. The molecule has 0 radical (unpaired) electrons. The Morgan fingerprint density at radius 2 is 1.73 bits per heavy atom. The minimum atomic E-state index is -0.233. The lowest BCUT2D eigenvalue weighted by atomic mass is 10.1. The first kappa shape index (κ1) is 23.2. The molecule has 0 saturated heterocycles. The number of hydrazone groups is 1. The van der Waals surface area contributed by atoms with Crippen LogP contribution in [0.25, 0.3) is 17.1 Å². The highest BCUT2D eigenvalue weighted by molar-refractivity contribution is 9.10. The van der Waals surface area contributed by atoms with Gasteiger partial charge in [0, 0.05) is 20.7 Å². The van der Waals surface area contributed by atoms with Crippen LogP contribution in [0.2, 0.25) is 5.02 Å². The summed E-state index contributed by atoms with van der Waals surface area (Å²) in [5.74, 6) is 0.589. The zero-order chi connectivity index (χ0) is 23.2. The molecule has 1 N–H and O–H groups in total. The van der Waals surface area contributed by atoms with Gasteiger partial charge in [-0.05, 0) is 48.9 Å². The van der Waals surface area contributed by atoms with Gasteiger partial charge in [0.25, 0.3) is 5.91 Å². The highest BCUT2D eigenvalue weighted by atomic mass is 79.9. The fourth-order valence-corrected chi connectivity index (χ4v) is 4.16. The van der Waals surface area contributed by atoms with Crippen LogP contribution in [0.3, 0.4) is 0 Å². The molecule has 0 aliphatic carbocycles. The Morgan fingerprint density at radius 3 is 2.42 bits per heavy atom. The molecule has 4 rings (SSSR count). The first-order valence-corrected chi connectivity index (χ1v) is 12.2. The number of carbonyl (C=O) groups is 1. The second kappa shape index (κ2) is 10.8. The van der Waals surface area contributed by atoms with Crippen LogP contribution in [-0.4, -0.2) is 32.1 Å². The van der Waals surface area contributed by atoms with Crippen molar-refractivity contribution >= 4 is 50.9 Å². The Labute approximate surface area is 209 Å². The van der Waals surface area contributed by atoms with Gasteiger partial charge >= 0.3 is 0 Å². The predicted octanol–water partition coefficient (Wildman–Crippen LogP) is 5.98. The Hall–Kier alpha value is -2.94. The molecule has 0 atom stereocenters. The molecular formula is C24H19BrClN5OS. The summed E-state index contributed by atoms with van der Waals surface area (Å²) in [4.78, 5) is 12.5. The zero-order valence-electron chi connectivity index (χ0n) is 17.6. The van der Waals surface area contributed by atoms with E-state index in [1.807, 2.05) is 90.4 Å². The number of nitrogens with zero attached hydrogens (tertiary/aromatic N) is 4. The lowest BCUT2D eigenvalue weighted by Gasteiger charge is -2.10. The van der Waals surface area contributed by atoms with E-state index in [0.717, 1.165) is 27.0 Å². The number of benzene rings is 3. The number of carbonyl (C=O) groups excluding carboxylic acids is 1. The predicted molar refractivity (Wildman–Crippen MR) is 137 cm³/mol. The first-order chi connectivity index (χ1) is 16.0. The summed E-state index contributed by atoms with van der Waals surface area (Å²) in [6.45, 7) is 1.85. The van der Waals surface area contributed by atoms with E-state index < -0.39 is 0 Å². The summed E-state index contributed by atoms with van der Waals surface area (Å²) in [5.41, 5.74) is 6.04. The molecule has 0 bridgehead atoms. The maximum Gasteiger partial charge on any atom is 0.250 e. The van der Waals surface area contributed by atoms with E-state index in [-0.39, 0.29) is 11.7 Å². The van der Waals surface area contributed by atoms with Crippen molar-refractivity contribution in [2.45, 2.75) is 12.1 Å². The van der Waals surface area contributed by atoms with Gasteiger partial charge in [-0.1, -0.05) is 81.8 Å². The molecule has 1 aromatic heterocycles. The molecule has 0 saturated carbocycles.